The molecule has 1 aliphatic rings. The van der Waals surface area contributed by atoms with Crippen molar-refractivity contribution in [2.24, 2.45) is 11.5 Å². The maximum Gasteiger partial charge on any atom is 0.252 e. The number of aromatic nitrogens is 1. The van der Waals surface area contributed by atoms with Gasteiger partial charge in [-0.05, 0) is 38.3 Å². The SMILES string of the molecule is Cc1cc(C(N)=O)c(N2CCCC(N)C2)nc1C.Cl.Cl. The van der Waals surface area contributed by atoms with Gasteiger partial charge in [-0.1, -0.05) is 0 Å². The zero-order valence-corrected chi connectivity index (χ0v) is 13.4. The van der Waals surface area contributed by atoms with Crippen molar-refractivity contribution in [3.63, 3.8) is 0 Å². The van der Waals surface area contributed by atoms with Gasteiger partial charge in [-0.25, -0.2) is 4.98 Å². The monoisotopic (exact) mass is 320 g/mol. The summed E-state index contributed by atoms with van der Waals surface area (Å²) in [5, 5.41) is 0. The van der Waals surface area contributed by atoms with Gasteiger partial charge in [0.25, 0.3) is 5.91 Å². The van der Waals surface area contributed by atoms with Crippen LogP contribution in [0.1, 0.15) is 34.5 Å². The molecule has 2 heterocycles. The Morgan fingerprint density at radius 1 is 1.40 bits per heavy atom. The van der Waals surface area contributed by atoms with Crippen molar-refractivity contribution in [2.45, 2.75) is 32.7 Å². The van der Waals surface area contributed by atoms with E-state index < -0.39 is 5.91 Å². The first kappa shape index (κ1) is 19.0. The lowest BCUT2D eigenvalue weighted by molar-refractivity contribution is 0.1000. The average molecular weight is 321 g/mol. The van der Waals surface area contributed by atoms with Crippen molar-refractivity contribution in [1.29, 1.82) is 0 Å². The molecule has 1 aromatic rings. The summed E-state index contributed by atoms with van der Waals surface area (Å²) in [6.45, 7) is 5.48. The number of nitrogens with two attached hydrogens (primary N) is 2. The Bertz CT molecular complexity index is 482. The smallest absolute Gasteiger partial charge is 0.252 e. The van der Waals surface area contributed by atoms with Gasteiger partial charge in [0, 0.05) is 24.8 Å². The molecule has 0 aliphatic carbocycles. The van der Waals surface area contributed by atoms with Gasteiger partial charge >= 0.3 is 0 Å². The molecule has 1 saturated heterocycles. The zero-order valence-electron chi connectivity index (χ0n) is 11.8. The third kappa shape index (κ3) is 3.98. The average Bonchev–Trinajstić information content (AvgIpc) is 2.31. The molecule has 7 heteroatoms. The number of nitrogens with zero attached hydrogens (tertiary/aromatic N) is 2. The number of amides is 1. The van der Waals surface area contributed by atoms with Gasteiger partial charge < -0.3 is 16.4 Å². The molecule has 1 amide bonds. The lowest BCUT2D eigenvalue weighted by Crippen LogP contribution is -2.44. The van der Waals surface area contributed by atoms with Gasteiger partial charge in [0.15, 0.2) is 0 Å². The Morgan fingerprint density at radius 3 is 2.60 bits per heavy atom. The second-order valence-corrected chi connectivity index (χ2v) is 4.97. The number of anilines is 1. The van der Waals surface area contributed by atoms with E-state index in [1.807, 2.05) is 19.9 Å². The fourth-order valence-electron chi connectivity index (χ4n) is 2.32. The summed E-state index contributed by atoms with van der Waals surface area (Å²) in [6.07, 6.45) is 2.04. The van der Waals surface area contributed by atoms with Gasteiger partial charge in [-0.15, -0.1) is 24.8 Å². The molecule has 1 unspecified atom stereocenters. The van der Waals surface area contributed by atoms with Crippen molar-refractivity contribution in [3.05, 3.63) is 22.9 Å². The molecule has 5 nitrogen and oxygen atoms in total. The van der Waals surface area contributed by atoms with Crippen LogP contribution in [0.25, 0.3) is 0 Å². The highest BCUT2D eigenvalue weighted by molar-refractivity contribution is 5.98. The van der Waals surface area contributed by atoms with Crippen LogP contribution in [0.2, 0.25) is 0 Å². The molecule has 0 aromatic carbocycles. The third-order valence-electron chi connectivity index (χ3n) is 3.47. The Hall–Kier alpha value is -1.04. The summed E-state index contributed by atoms with van der Waals surface area (Å²) in [4.78, 5) is 18.1. The van der Waals surface area contributed by atoms with E-state index in [4.69, 9.17) is 11.5 Å². The molecular formula is C13H22Cl2N4O. The first-order valence-corrected chi connectivity index (χ1v) is 6.27. The molecule has 1 atom stereocenters. The van der Waals surface area contributed by atoms with Crippen LogP contribution in [-0.2, 0) is 0 Å². The van der Waals surface area contributed by atoms with Crippen molar-refractivity contribution < 1.29 is 4.79 Å². The van der Waals surface area contributed by atoms with E-state index in [1.165, 1.54) is 0 Å². The Kier molecular flexibility index (Phi) is 7.27. The predicted octanol–water partition coefficient (Wildman–Crippen LogP) is 1.57. The molecule has 1 fully saturated rings. The summed E-state index contributed by atoms with van der Waals surface area (Å²) in [7, 11) is 0. The number of piperidine rings is 1. The van der Waals surface area contributed by atoms with Gasteiger partial charge in [-0.3, -0.25) is 4.79 Å². The molecule has 0 bridgehead atoms. The van der Waals surface area contributed by atoms with E-state index in [0.29, 0.717) is 11.4 Å². The number of carbonyl (C=O) groups is 1. The van der Waals surface area contributed by atoms with Crippen LogP contribution in [0.4, 0.5) is 5.82 Å². The number of primary amides is 1. The summed E-state index contributed by atoms with van der Waals surface area (Å²) >= 11 is 0. The van der Waals surface area contributed by atoms with Gasteiger partial charge in [0.05, 0.1) is 5.56 Å². The number of hydrogen-bond acceptors (Lipinski definition) is 4. The second kappa shape index (κ2) is 7.67. The maximum atomic E-state index is 11.5. The van der Waals surface area contributed by atoms with Crippen LogP contribution in [0.3, 0.4) is 0 Å². The highest BCUT2D eigenvalue weighted by Gasteiger charge is 2.22. The van der Waals surface area contributed by atoms with Crippen molar-refractivity contribution in [2.75, 3.05) is 18.0 Å². The predicted molar refractivity (Wildman–Crippen MR) is 86.1 cm³/mol. The molecule has 114 valence electrons. The lowest BCUT2D eigenvalue weighted by Gasteiger charge is -2.32. The number of aryl methyl sites for hydroxylation is 2. The molecule has 0 spiro atoms. The van der Waals surface area contributed by atoms with Crippen LogP contribution >= 0.6 is 24.8 Å². The molecule has 1 aromatic heterocycles. The highest BCUT2D eigenvalue weighted by atomic mass is 35.5. The minimum absolute atomic E-state index is 0. The number of halogens is 2. The lowest BCUT2D eigenvalue weighted by atomic mass is 10.0. The van der Waals surface area contributed by atoms with Gasteiger partial charge in [-0.2, -0.15) is 0 Å². The second-order valence-electron chi connectivity index (χ2n) is 4.97. The first-order valence-electron chi connectivity index (χ1n) is 6.27. The normalized spacial score (nSPS) is 17.9. The van der Waals surface area contributed by atoms with Gasteiger partial charge in [0.1, 0.15) is 5.82 Å². The summed E-state index contributed by atoms with van der Waals surface area (Å²) in [5.74, 6) is 0.250. The van der Waals surface area contributed by atoms with Crippen molar-refractivity contribution >= 4 is 36.5 Å². The van der Waals surface area contributed by atoms with E-state index in [-0.39, 0.29) is 30.9 Å². The molecule has 0 radical (unpaired) electrons. The van der Waals surface area contributed by atoms with Crippen molar-refractivity contribution in [1.82, 2.24) is 4.98 Å². The summed E-state index contributed by atoms with van der Waals surface area (Å²) in [5.41, 5.74) is 13.8. The number of rotatable bonds is 2. The topological polar surface area (TPSA) is 85.2 Å². The first-order chi connectivity index (χ1) is 8.49. The van der Waals surface area contributed by atoms with E-state index in [2.05, 4.69) is 9.88 Å². The van der Waals surface area contributed by atoms with Crippen LogP contribution < -0.4 is 16.4 Å². The van der Waals surface area contributed by atoms with Crippen LogP contribution in [0.15, 0.2) is 6.07 Å². The Labute approximate surface area is 131 Å². The van der Waals surface area contributed by atoms with E-state index in [9.17, 15) is 4.79 Å². The van der Waals surface area contributed by atoms with E-state index >= 15 is 0 Å². The minimum atomic E-state index is -0.431. The Balaban J connectivity index is 0.00000180. The quantitative estimate of drug-likeness (QED) is 0.866. The molecule has 20 heavy (non-hydrogen) atoms. The van der Waals surface area contributed by atoms with Gasteiger partial charge in [0.2, 0.25) is 0 Å². The fraction of sp³-hybridized carbons (Fsp3) is 0.538. The molecule has 2 rings (SSSR count). The van der Waals surface area contributed by atoms with E-state index in [0.717, 1.165) is 37.2 Å². The molecule has 1 aliphatic heterocycles. The summed E-state index contributed by atoms with van der Waals surface area (Å²) in [6, 6.07) is 1.96. The number of hydrogen-bond donors (Lipinski definition) is 2. The fourth-order valence-corrected chi connectivity index (χ4v) is 2.32. The molecular weight excluding hydrogens is 299 g/mol. The highest BCUT2D eigenvalue weighted by Crippen LogP contribution is 2.23. The largest absolute Gasteiger partial charge is 0.365 e. The number of pyridine rings is 1. The molecule has 0 saturated carbocycles. The van der Waals surface area contributed by atoms with Crippen LogP contribution in [-0.4, -0.2) is 30.0 Å². The molecule has 4 N–H and O–H groups in total. The van der Waals surface area contributed by atoms with Crippen LogP contribution in [0.5, 0.6) is 0 Å². The van der Waals surface area contributed by atoms with Crippen LogP contribution in [0, 0.1) is 13.8 Å². The standard InChI is InChI=1S/C13H20N4O.2ClH/c1-8-6-11(12(15)18)13(16-9(8)2)17-5-3-4-10(14)7-17;;/h6,10H,3-5,7,14H2,1-2H3,(H2,15,18);2*1H. The minimum Gasteiger partial charge on any atom is -0.365 e. The van der Waals surface area contributed by atoms with Crippen molar-refractivity contribution in [3.8, 4) is 0 Å². The number of carbonyl (C=O) groups excluding carboxylic acids is 1. The summed E-state index contributed by atoms with van der Waals surface area (Å²) < 4.78 is 0. The third-order valence-corrected chi connectivity index (χ3v) is 3.47. The van der Waals surface area contributed by atoms with E-state index in [1.54, 1.807) is 0 Å². The maximum absolute atomic E-state index is 11.5. The zero-order chi connectivity index (χ0) is 13.3. The Morgan fingerprint density at radius 2 is 2.05 bits per heavy atom.